The maximum Gasteiger partial charge on any atom is 0.250 e. The van der Waals surface area contributed by atoms with Gasteiger partial charge in [-0.05, 0) is 5.56 Å². The minimum absolute atomic E-state index is 0.182. The molecule has 1 aromatic carbocycles. The zero-order valence-electron chi connectivity index (χ0n) is 7.94. The van der Waals surface area contributed by atoms with E-state index in [0.29, 0.717) is 10.7 Å². The molecule has 0 aromatic heterocycles. The maximum absolute atomic E-state index is 11.1. The van der Waals surface area contributed by atoms with Crippen LogP contribution < -0.4 is 11.1 Å². The fourth-order valence-electron chi connectivity index (χ4n) is 1.61. The van der Waals surface area contributed by atoms with Gasteiger partial charge in [-0.3, -0.25) is 4.79 Å². The highest BCUT2D eigenvalue weighted by Crippen LogP contribution is 2.24. The smallest absolute Gasteiger partial charge is 0.250 e. The number of nitrogens with two attached hydrogens (primary N) is 1. The van der Waals surface area contributed by atoms with Gasteiger partial charge >= 0.3 is 0 Å². The maximum atomic E-state index is 11.1. The molecule has 1 atom stereocenters. The van der Waals surface area contributed by atoms with E-state index in [0.717, 1.165) is 5.56 Å². The quantitative estimate of drug-likeness (QED) is 0.693. The summed E-state index contributed by atoms with van der Waals surface area (Å²) in [6.45, 7) is 0. The summed E-state index contributed by atoms with van der Waals surface area (Å²) in [4.78, 5) is 11.6. The van der Waals surface area contributed by atoms with Crippen LogP contribution in [0.25, 0.3) is 0 Å². The predicted molar refractivity (Wildman–Crippen MR) is 62.2 cm³/mol. The lowest BCUT2D eigenvalue weighted by molar-refractivity contribution is -0.115. The van der Waals surface area contributed by atoms with Crippen molar-refractivity contribution in [1.29, 1.82) is 0 Å². The Balaban J connectivity index is 2.41. The molecule has 0 bridgehead atoms. The Labute approximate surface area is 93.0 Å². The van der Waals surface area contributed by atoms with E-state index < -0.39 is 0 Å². The topological polar surface area (TPSA) is 55.1 Å². The van der Waals surface area contributed by atoms with Crippen LogP contribution in [0.3, 0.4) is 0 Å². The van der Waals surface area contributed by atoms with Crippen LogP contribution >= 0.6 is 12.2 Å². The van der Waals surface area contributed by atoms with Gasteiger partial charge in [0, 0.05) is 11.8 Å². The average Bonchev–Trinajstić information content (AvgIpc) is 2.17. The lowest BCUT2D eigenvalue weighted by Gasteiger charge is -2.23. The molecule has 3 N–H and O–H groups in total. The fourth-order valence-corrected chi connectivity index (χ4v) is 1.98. The molecule has 0 saturated heterocycles. The Morgan fingerprint density at radius 1 is 1.27 bits per heavy atom. The molecule has 1 amide bonds. The molecule has 0 saturated carbocycles. The molecule has 0 fully saturated rings. The molecule has 1 unspecified atom stereocenters. The van der Waals surface area contributed by atoms with Gasteiger partial charge < -0.3 is 11.1 Å². The summed E-state index contributed by atoms with van der Waals surface area (Å²) in [6.07, 6.45) is 1.38. The van der Waals surface area contributed by atoms with Gasteiger partial charge in [-0.25, -0.2) is 0 Å². The third-order valence-corrected chi connectivity index (χ3v) is 2.61. The SMILES string of the molecule is NC1=CC(=O)NC(=S)C1c1ccccc1. The van der Waals surface area contributed by atoms with E-state index in [9.17, 15) is 4.79 Å². The number of amides is 1. The number of hydrogen-bond acceptors (Lipinski definition) is 3. The average molecular weight is 218 g/mol. The molecule has 1 aromatic rings. The Kier molecular flexibility index (Phi) is 2.51. The Hall–Kier alpha value is -1.68. The molecule has 1 aliphatic rings. The summed E-state index contributed by atoms with van der Waals surface area (Å²) in [5.74, 6) is -0.427. The van der Waals surface area contributed by atoms with Crippen LogP contribution in [0.2, 0.25) is 0 Å². The highest BCUT2D eigenvalue weighted by atomic mass is 32.1. The van der Waals surface area contributed by atoms with E-state index >= 15 is 0 Å². The first-order valence-corrected chi connectivity index (χ1v) is 4.96. The highest BCUT2D eigenvalue weighted by molar-refractivity contribution is 7.80. The second kappa shape index (κ2) is 3.82. The van der Waals surface area contributed by atoms with Crippen molar-refractivity contribution in [3.63, 3.8) is 0 Å². The largest absolute Gasteiger partial charge is 0.401 e. The summed E-state index contributed by atoms with van der Waals surface area (Å²) < 4.78 is 0. The molecule has 2 rings (SSSR count). The third-order valence-electron chi connectivity index (χ3n) is 2.27. The molecule has 0 aliphatic carbocycles. The van der Waals surface area contributed by atoms with Crippen LogP contribution in [-0.2, 0) is 4.79 Å². The fraction of sp³-hybridized carbons (Fsp3) is 0.0909. The second-order valence-corrected chi connectivity index (χ2v) is 3.78. The Morgan fingerprint density at radius 3 is 2.53 bits per heavy atom. The first kappa shape index (κ1) is 9.86. The molecule has 1 aliphatic heterocycles. The third kappa shape index (κ3) is 1.89. The van der Waals surface area contributed by atoms with Crippen molar-refractivity contribution < 1.29 is 4.79 Å². The minimum Gasteiger partial charge on any atom is -0.401 e. The number of carbonyl (C=O) groups excluding carboxylic acids is 1. The zero-order chi connectivity index (χ0) is 10.8. The number of benzene rings is 1. The molecule has 4 heteroatoms. The van der Waals surface area contributed by atoms with E-state index in [1.54, 1.807) is 0 Å². The van der Waals surface area contributed by atoms with Gasteiger partial charge in [0.25, 0.3) is 5.91 Å². The van der Waals surface area contributed by atoms with Crippen molar-refractivity contribution in [3.05, 3.63) is 47.7 Å². The molecule has 0 radical (unpaired) electrons. The normalized spacial score (nSPS) is 20.8. The van der Waals surface area contributed by atoms with E-state index in [-0.39, 0.29) is 11.8 Å². The van der Waals surface area contributed by atoms with Crippen molar-refractivity contribution in [2.45, 2.75) is 5.92 Å². The Morgan fingerprint density at radius 2 is 1.93 bits per heavy atom. The number of hydrogen-bond donors (Lipinski definition) is 2. The van der Waals surface area contributed by atoms with E-state index in [1.165, 1.54) is 6.08 Å². The second-order valence-electron chi connectivity index (χ2n) is 3.34. The van der Waals surface area contributed by atoms with Gasteiger partial charge in [0.05, 0.1) is 10.9 Å². The summed E-state index contributed by atoms with van der Waals surface area (Å²) in [5, 5.41) is 2.59. The van der Waals surface area contributed by atoms with Gasteiger partial charge in [0.2, 0.25) is 0 Å². The number of carbonyl (C=O) groups is 1. The van der Waals surface area contributed by atoms with Crippen LogP contribution in [0, 0.1) is 0 Å². The van der Waals surface area contributed by atoms with Crippen LogP contribution in [0.4, 0.5) is 0 Å². The molecule has 76 valence electrons. The summed E-state index contributed by atoms with van der Waals surface area (Å²) in [6, 6.07) is 9.64. The predicted octanol–water partition coefficient (Wildman–Crippen LogP) is 1.07. The number of thiocarbonyl (C=S) groups is 1. The van der Waals surface area contributed by atoms with E-state index in [1.807, 2.05) is 30.3 Å². The molecular formula is C11H10N2OS. The molecule has 15 heavy (non-hydrogen) atoms. The van der Waals surface area contributed by atoms with Crippen LogP contribution in [0.15, 0.2) is 42.1 Å². The van der Waals surface area contributed by atoms with Gasteiger partial charge in [-0.2, -0.15) is 0 Å². The van der Waals surface area contributed by atoms with Crippen LogP contribution in [0.1, 0.15) is 11.5 Å². The first-order valence-electron chi connectivity index (χ1n) is 4.55. The summed E-state index contributed by atoms with van der Waals surface area (Å²) in [5.41, 5.74) is 7.30. The molecule has 0 spiro atoms. The van der Waals surface area contributed by atoms with Gasteiger partial charge in [-0.15, -0.1) is 0 Å². The minimum atomic E-state index is -0.246. The molecule has 3 nitrogen and oxygen atoms in total. The van der Waals surface area contributed by atoms with Gasteiger partial charge in [-0.1, -0.05) is 42.5 Å². The van der Waals surface area contributed by atoms with Crippen molar-refractivity contribution in [3.8, 4) is 0 Å². The van der Waals surface area contributed by atoms with E-state index in [2.05, 4.69) is 5.32 Å². The van der Waals surface area contributed by atoms with Crippen LogP contribution in [-0.4, -0.2) is 10.9 Å². The monoisotopic (exact) mass is 218 g/mol. The van der Waals surface area contributed by atoms with Crippen molar-refractivity contribution in [1.82, 2.24) is 5.32 Å². The summed E-state index contributed by atoms with van der Waals surface area (Å²) >= 11 is 5.11. The number of rotatable bonds is 1. The van der Waals surface area contributed by atoms with Crippen molar-refractivity contribution >= 4 is 23.1 Å². The molecular weight excluding hydrogens is 208 g/mol. The highest BCUT2D eigenvalue weighted by Gasteiger charge is 2.25. The summed E-state index contributed by atoms with van der Waals surface area (Å²) in [7, 11) is 0. The van der Waals surface area contributed by atoms with Crippen molar-refractivity contribution in [2.75, 3.05) is 0 Å². The Bertz CT molecular complexity index is 439. The number of nitrogens with one attached hydrogen (secondary N) is 1. The van der Waals surface area contributed by atoms with Crippen LogP contribution in [0.5, 0.6) is 0 Å². The standard InChI is InChI=1S/C11H10N2OS/c12-8-6-9(14)13-11(15)10(8)7-4-2-1-3-5-7/h1-6,10H,12H2,(H,13,14,15). The van der Waals surface area contributed by atoms with E-state index in [4.69, 9.17) is 18.0 Å². The lowest BCUT2D eigenvalue weighted by Crippen LogP contribution is -2.39. The zero-order valence-corrected chi connectivity index (χ0v) is 8.75. The molecule has 1 heterocycles. The first-order chi connectivity index (χ1) is 7.18. The van der Waals surface area contributed by atoms with Crippen molar-refractivity contribution in [2.24, 2.45) is 5.73 Å². The lowest BCUT2D eigenvalue weighted by atomic mass is 9.93. The van der Waals surface area contributed by atoms with Gasteiger partial charge in [0.15, 0.2) is 0 Å². The van der Waals surface area contributed by atoms with Gasteiger partial charge in [0.1, 0.15) is 0 Å².